The number of nitrogens with two attached hydrogens (primary N) is 1. The van der Waals surface area contributed by atoms with E-state index in [4.69, 9.17) is 60.1 Å². The van der Waals surface area contributed by atoms with E-state index in [1.807, 2.05) is 72.8 Å². The van der Waals surface area contributed by atoms with Crippen LogP contribution in [-0.4, -0.2) is 155 Å². The van der Waals surface area contributed by atoms with Crippen molar-refractivity contribution in [1.29, 1.82) is 0 Å². The molecule has 0 radical (unpaired) electrons. The number of benzene rings is 4. The summed E-state index contributed by atoms with van der Waals surface area (Å²) in [6.45, 7) is 17.2. The summed E-state index contributed by atoms with van der Waals surface area (Å²) in [5, 5.41) is 26.0. The van der Waals surface area contributed by atoms with Crippen LogP contribution in [-0.2, 0) is 28.4 Å². The Morgan fingerprint density at radius 3 is 1.36 bits per heavy atom. The minimum Gasteiger partial charge on any atom is -0.662 e. The van der Waals surface area contributed by atoms with Gasteiger partial charge in [-0.25, -0.2) is 9.97 Å². The van der Waals surface area contributed by atoms with Gasteiger partial charge in [0.15, 0.2) is 11.6 Å². The Balaban J connectivity index is 0.000000273. The Morgan fingerprint density at radius 1 is 0.622 bits per heavy atom. The van der Waals surface area contributed by atoms with E-state index < -0.39 is 19.5 Å². The fourth-order valence-electron chi connectivity index (χ4n) is 13.0. The molecule has 2 aliphatic heterocycles. The Bertz CT molecular complexity index is 3810. The Morgan fingerprint density at radius 2 is 1.00 bits per heavy atom. The zero-order valence-electron chi connectivity index (χ0n) is 58.1. The number of amides is 1. The van der Waals surface area contributed by atoms with Crippen molar-refractivity contribution in [3.63, 3.8) is 0 Å². The number of hydrogen-bond donors (Lipinski definition) is 6. The molecule has 0 unspecified atom stereocenters. The number of carbonyl (C=O) groups excluding carboxylic acids is 3. The van der Waals surface area contributed by atoms with Crippen molar-refractivity contribution >= 4 is 146 Å². The van der Waals surface area contributed by atoms with Gasteiger partial charge in [-0.05, 0) is 203 Å². The molecule has 6 aromatic rings. The summed E-state index contributed by atoms with van der Waals surface area (Å²) in [4.78, 5) is 60.7. The maximum Gasteiger partial charge on any atom is 1.00 e. The van der Waals surface area contributed by atoms with Crippen molar-refractivity contribution in [1.82, 2.24) is 29.7 Å². The van der Waals surface area contributed by atoms with E-state index in [1.54, 1.807) is 40.9 Å². The fraction of sp³-hybridized carbons (Fsp3) is 0.435. The van der Waals surface area contributed by atoms with E-state index in [9.17, 15) is 18.7 Å². The minimum atomic E-state index is -2.57. The molecule has 4 fully saturated rings. The van der Waals surface area contributed by atoms with Crippen molar-refractivity contribution in [2.75, 3.05) is 137 Å². The van der Waals surface area contributed by atoms with Gasteiger partial charge in [0.05, 0.1) is 72.1 Å². The third-order valence-corrected chi connectivity index (χ3v) is 22.4. The predicted octanol–water partition coefficient (Wildman–Crippen LogP) is 10.0. The molecular formula is C69H92Cl3N14NaO9P2. The number of para-hydroxylation sites is 2. The number of allylic oxidation sites excluding steroid dienone is 1. The first-order valence-electron chi connectivity index (χ1n) is 32.0. The van der Waals surface area contributed by atoms with Crippen LogP contribution in [0.1, 0.15) is 77.0 Å². The summed E-state index contributed by atoms with van der Waals surface area (Å²) >= 11 is 17.6. The summed E-state index contributed by atoms with van der Waals surface area (Å²) in [5.41, 5.74) is 13.3. The van der Waals surface area contributed by atoms with Gasteiger partial charge in [-0.1, -0.05) is 60.6 Å². The van der Waals surface area contributed by atoms with Crippen LogP contribution in [0, 0.1) is 10.8 Å². The number of nitrogens with zero attached hydrogens (tertiary/aromatic N) is 8. The number of piperidine rings is 2. The van der Waals surface area contributed by atoms with Crippen LogP contribution in [0.3, 0.4) is 0 Å². The molecule has 0 bridgehead atoms. The molecular weight excluding hydrogens is 1360 g/mol. The molecule has 4 aliphatic rings. The van der Waals surface area contributed by atoms with E-state index in [0.717, 1.165) is 61.8 Å². The van der Waals surface area contributed by atoms with Gasteiger partial charge in [-0.15, -0.1) is 0 Å². The molecule has 98 heavy (non-hydrogen) atoms. The summed E-state index contributed by atoms with van der Waals surface area (Å²) in [5.74, 6) is 2.29. The summed E-state index contributed by atoms with van der Waals surface area (Å²) in [6, 6.07) is 23.9. The average molecular weight is 1450 g/mol. The molecule has 2 spiro atoms. The number of nitrogen functional groups attached to an aromatic ring is 1. The van der Waals surface area contributed by atoms with Crippen molar-refractivity contribution in [3.05, 3.63) is 121 Å². The van der Waals surface area contributed by atoms with Crippen LogP contribution in [0.2, 0.25) is 10.0 Å². The molecule has 29 heteroatoms. The van der Waals surface area contributed by atoms with Gasteiger partial charge in [0.1, 0.15) is 35.8 Å². The minimum absolute atomic E-state index is 0. The molecule has 4 aromatic carbocycles. The number of halogens is 3. The van der Waals surface area contributed by atoms with Crippen LogP contribution >= 0.6 is 49.1 Å². The van der Waals surface area contributed by atoms with Gasteiger partial charge in [-0.2, -0.15) is 9.97 Å². The van der Waals surface area contributed by atoms with E-state index in [1.165, 1.54) is 82.7 Å². The number of ether oxygens (including phenoxy) is 2. The Labute approximate surface area is 613 Å². The average Bonchev–Trinajstić information content (AvgIpc) is 0.792. The third-order valence-electron chi connectivity index (χ3n) is 18.6. The molecule has 23 nitrogen and oxygen atoms in total. The maximum atomic E-state index is 12.9. The number of carbonyl (C=O) groups is 3. The van der Waals surface area contributed by atoms with Crippen LogP contribution < -0.4 is 97.0 Å². The van der Waals surface area contributed by atoms with E-state index >= 15 is 0 Å². The maximum absolute atomic E-state index is 12.9. The molecule has 2 saturated carbocycles. The van der Waals surface area contributed by atoms with Gasteiger partial charge in [0.25, 0.3) is 6.47 Å². The molecule has 10 rings (SSSR count). The van der Waals surface area contributed by atoms with Gasteiger partial charge in [0.2, 0.25) is 23.0 Å². The summed E-state index contributed by atoms with van der Waals surface area (Å²) in [7, 11) is 6.94. The molecule has 7 N–H and O–H groups in total. The van der Waals surface area contributed by atoms with Crippen LogP contribution in [0.15, 0.2) is 111 Å². The molecule has 0 atom stereocenters. The van der Waals surface area contributed by atoms with Crippen molar-refractivity contribution in [2.24, 2.45) is 10.8 Å². The zero-order valence-corrected chi connectivity index (χ0v) is 64.1. The van der Waals surface area contributed by atoms with Crippen LogP contribution in [0.4, 0.5) is 69.0 Å². The first-order valence-corrected chi connectivity index (χ1v) is 38.3. The fourth-order valence-corrected chi connectivity index (χ4v) is 15.6. The van der Waals surface area contributed by atoms with E-state index in [0.29, 0.717) is 101 Å². The monoisotopic (exact) mass is 1450 g/mol. The first-order chi connectivity index (χ1) is 46.1. The van der Waals surface area contributed by atoms with Gasteiger partial charge in [0, 0.05) is 61.0 Å². The number of methoxy groups -OCH3 is 2. The zero-order chi connectivity index (χ0) is 70.8. The van der Waals surface area contributed by atoms with Gasteiger partial charge >= 0.3 is 29.6 Å². The normalized spacial score (nSPS) is 15.9. The number of nitrogens with one attached hydrogen (secondary N) is 5. The molecule has 1 amide bonds. The second-order valence-electron chi connectivity index (χ2n) is 26.0. The Hall–Kier alpha value is -6.46. The van der Waals surface area contributed by atoms with Crippen molar-refractivity contribution < 1.29 is 72.7 Å². The van der Waals surface area contributed by atoms with Crippen molar-refractivity contribution in [2.45, 2.75) is 89.1 Å². The topological polar surface area (TPSA) is 287 Å². The van der Waals surface area contributed by atoms with E-state index in [-0.39, 0.29) is 47.9 Å². The molecule has 4 heterocycles. The van der Waals surface area contributed by atoms with Crippen LogP contribution in [0.25, 0.3) is 0 Å². The second-order valence-corrected chi connectivity index (χ2v) is 33.5. The Kier molecular flexibility index (Phi) is 30.2. The summed E-state index contributed by atoms with van der Waals surface area (Å²) in [6.07, 6.45) is 20.2. The number of aromatic nitrogens is 4. The molecule has 2 aliphatic carbocycles. The SMILES string of the molecule is C=CC(=O)Cl.C=CC(=O)Nc1cc(Nc2ncc(Cl)c(Nc3ccccc3P(C)(C)=O)n2)c(OC)cc1N1CCC2(CCC(N(C)C)CC2)CC1.COc1cc(N2CCC3(CCC(N(C)C)CC3)CC2)c(N)cc1Nc1ncc(Cl)c(Nc2ccccc2P(C)(C)=O)n1.O=CO[O-].[Na+]. The van der Waals surface area contributed by atoms with Gasteiger partial charge in [-0.3, -0.25) is 14.4 Å². The number of hydrogen-bond acceptors (Lipinski definition) is 22. The van der Waals surface area contributed by atoms with Crippen LogP contribution in [0.5, 0.6) is 11.5 Å². The predicted molar refractivity (Wildman–Crippen MR) is 395 cm³/mol. The molecule has 2 aromatic heterocycles. The molecule has 524 valence electrons. The van der Waals surface area contributed by atoms with E-state index in [2.05, 4.69) is 112 Å². The van der Waals surface area contributed by atoms with Gasteiger partial charge < -0.3 is 80.7 Å². The number of rotatable bonds is 20. The standard InChI is InChI=1S/C34H45ClN7O3P.C31H43ClN7O2P.C3H3ClO.CH2O3.Na/c1-7-31(43)37-26-20-27(39-33-36-22-24(35)32(40-33)38-25-10-8-9-11-30(25)46(5,6)44)29(45-4)21-28(26)42-18-16-34(17-19-42)14-12-23(13-15-34)41(2)3;1-38(2)21-10-12-31(13-11-21)14-16-39(17-15-31)26-19-27(41-3)25(18-23(26)33)36-30-34-20-22(32)29(37-30)35-24-8-6-7-9-28(24)42(4,5)40;1-2-3(4)5;2-1-4-3;/h7-11,20-23H,1,12-19H2,2-6H3,(H,37,43)(H2,36,38,39,40);6-9,18-21H,10-17,33H2,1-5H3,(H2,34,35,36,37);2H,1H2;1,3H;/q;;;;+1/p-1. The number of anilines is 12. The quantitative estimate of drug-likeness (QED) is 0.00605. The summed E-state index contributed by atoms with van der Waals surface area (Å²) < 4.78 is 37.3. The second kappa shape index (κ2) is 36.8. The largest absolute Gasteiger partial charge is 1.00 e. The first kappa shape index (κ1) is 80.5. The molecule has 2 saturated heterocycles. The smallest absolute Gasteiger partial charge is 0.662 e. The third kappa shape index (κ3) is 22.0. The van der Waals surface area contributed by atoms with Crippen molar-refractivity contribution in [3.8, 4) is 11.5 Å².